The molecule has 0 amide bonds. The highest BCUT2D eigenvalue weighted by Crippen LogP contribution is 2.29. The molecule has 2 aromatic rings. The van der Waals surface area contributed by atoms with Crippen molar-refractivity contribution in [3.05, 3.63) is 59.4 Å². The summed E-state index contributed by atoms with van der Waals surface area (Å²) in [6.07, 6.45) is 0.0353. The van der Waals surface area contributed by atoms with Crippen molar-refractivity contribution in [3.63, 3.8) is 0 Å². The second-order valence-corrected chi connectivity index (χ2v) is 5.76. The van der Waals surface area contributed by atoms with E-state index < -0.39 is 6.10 Å². The van der Waals surface area contributed by atoms with E-state index in [2.05, 4.69) is 5.32 Å². The molecular formula is C19H24FNO3. The molecule has 4 nitrogen and oxygen atoms in total. The van der Waals surface area contributed by atoms with Gasteiger partial charge < -0.3 is 19.9 Å². The fourth-order valence-electron chi connectivity index (χ4n) is 2.57. The van der Waals surface area contributed by atoms with Crippen LogP contribution in [0.3, 0.4) is 0 Å². The summed E-state index contributed by atoms with van der Waals surface area (Å²) in [5, 5.41) is 13.7. The van der Waals surface area contributed by atoms with Crippen LogP contribution in [0.4, 0.5) is 4.39 Å². The van der Waals surface area contributed by atoms with Gasteiger partial charge in [-0.2, -0.15) is 0 Å². The van der Waals surface area contributed by atoms with Crippen LogP contribution in [-0.4, -0.2) is 31.9 Å². The zero-order valence-electron chi connectivity index (χ0n) is 14.3. The Bertz CT molecular complexity index is 646. The molecular weight excluding hydrogens is 309 g/mol. The number of ether oxygens (including phenoxy) is 2. The minimum absolute atomic E-state index is 0.140. The maximum Gasteiger partial charge on any atom is 0.124 e. The number of halogens is 1. The van der Waals surface area contributed by atoms with E-state index in [1.165, 1.54) is 12.1 Å². The highest BCUT2D eigenvalue weighted by Gasteiger charge is 2.15. The van der Waals surface area contributed by atoms with Gasteiger partial charge in [-0.1, -0.05) is 12.1 Å². The summed E-state index contributed by atoms with van der Waals surface area (Å²) in [6.45, 7) is 2.41. The maximum atomic E-state index is 12.9. The lowest BCUT2D eigenvalue weighted by Gasteiger charge is -2.19. The number of hydrogen-bond acceptors (Lipinski definition) is 4. The van der Waals surface area contributed by atoms with Gasteiger partial charge in [-0.15, -0.1) is 0 Å². The van der Waals surface area contributed by atoms with Gasteiger partial charge in [0.05, 0.1) is 20.3 Å². The molecule has 5 heteroatoms. The molecule has 0 radical (unpaired) electrons. The third-order valence-corrected chi connectivity index (χ3v) is 3.91. The molecule has 2 rings (SSSR count). The Morgan fingerprint density at radius 2 is 1.79 bits per heavy atom. The molecule has 0 fully saturated rings. The third kappa shape index (κ3) is 4.94. The molecule has 0 saturated carbocycles. The number of benzene rings is 2. The van der Waals surface area contributed by atoms with Crippen LogP contribution in [0.25, 0.3) is 0 Å². The van der Waals surface area contributed by atoms with E-state index in [0.717, 1.165) is 12.0 Å². The molecule has 24 heavy (non-hydrogen) atoms. The van der Waals surface area contributed by atoms with Gasteiger partial charge in [-0.25, -0.2) is 4.39 Å². The molecule has 0 saturated heterocycles. The Balaban J connectivity index is 1.94. The molecule has 2 unspecified atom stereocenters. The molecule has 0 heterocycles. The van der Waals surface area contributed by atoms with Crippen molar-refractivity contribution in [2.24, 2.45) is 0 Å². The number of rotatable bonds is 8. The summed E-state index contributed by atoms with van der Waals surface area (Å²) in [4.78, 5) is 0. The van der Waals surface area contributed by atoms with E-state index in [1.807, 2.05) is 6.92 Å². The highest BCUT2D eigenvalue weighted by atomic mass is 19.1. The molecule has 2 aromatic carbocycles. The van der Waals surface area contributed by atoms with Gasteiger partial charge in [0.25, 0.3) is 0 Å². The summed E-state index contributed by atoms with van der Waals surface area (Å²) < 4.78 is 23.4. The molecule has 0 spiro atoms. The van der Waals surface area contributed by atoms with Crippen LogP contribution in [0.2, 0.25) is 0 Å². The minimum Gasteiger partial charge on any atom is -0.497 e. The van der Waals surface area contributed by atoms with Gasteiger partial charge in [-0.3, -0.25) is 0 Å². The largest absolute Gasteiger partial charge is 0.497 e. The second kappa shape index (κ2) is 8.66. The van der Waals surface area contributed by atoms with Crippen molar-refractivity contribution in [2.45, 2.75) is 25.5 Å². The normalized spacial score (nSPS) is 13.4. The molecule has 0 aliphatic carbocycles. The number of aliphatic hydroxyl groups excluding tert-OH is 1. The van der Waals surface area contributed by atoms with Gasteiger partial charge >= 0.3 is 0 Å². The van der Waals surface area contributed by atoms with Crippen LogP contribution in [0.5, 0.6) is 11.5 Å². The summed E-state index contributed by atoms with van der Waals surface area (Å²) >= 11 is 0. The number of hydrogen-bond donors (Lipinski definition) is 2. The smallest absolute Gasteiger partial charge is 0.124 e. The Labute approximate surface area is 142 Å². The standard InChI is InChI=1S/C19H24FNO3/c1-13(10-14-4-6-15(20)7-5-14)21-12-18(22)17-11-16(23-2)8-9-19(17)24-3/h4-9,11,13,18,21-22H,10,12H2,1-3H3. The van der Waals surface area contributed by atoms with Gasteiger partial charge in [0.15, 0.2) is 0 Å². The zero-order valence-corrected chi connectivity index (χ0v) is 14.3. The van der Waals surface area contributed by atoms with Crippen molar-refractivity contribution in [1.82, 2.24) is 5.32 Å². The highest BCUT2D eigenvalue weighted by molar-refractivity contribution is 5.41. The Morgan fingerprint density at radius 3 is 2.42 bits per heavy atom. The molecule has 2 N–H and O–H groups in total. The first kappa shape index (κ1) is 18.2. The van der Waals surface area contributed by atoms with Gasteiger partial charge in [0, 0.05) is 18.2 Å². The Morgan fingerprint density at radius 1 is 1.08 bits per heavy atom. The fourth-order valence-corrected chi connectivity index (χ4v) is 2.57. The second-order valence-electron chi connectivity index (χ2n) is 5.76. The Hall–Kier alpha value is -2.11. The van der Waals surface area contributed by atoms with Gasteiger partial charge in [0.2, 0.25) is 0 Å². The summed E-state index contributed by atoms with van der Waals surface area (Å²) in [5.41, 5.74) is 1.73. The summed E-state index contributed by atoms with van der Waals surface area (Å²) in [5.74, 6) is 1.06. The SMILES string of the molecule is COc1ccc(OC)c(C(O)CNC(C)Cc2ccc(F)cc2)c1. The van der Waals surface area contributed by atoms with Crippen molar-refractivity contribution in [3.8, 4) is 11.5 Å². The number of aliphatic hydroxyl groups is 1. The molecule has 2 atom stereocenters. The monoisotopic (exact) mass is 333 g/mol. The molecule has 0 aliphatic rings. The lowest BCUT2D eigenvalue weighted by Crippen LogP contribution is -2.32. The van der Waals surface area contributed by atoms with Crippen molar-refractivity contribution in [1.29, 1.82) is 0 Å². The first-order valence-corrected chi connectivity index (χ1v) is 7.91. The lowest BCUT2D eigenvalue weighted by atomic mass is 10.1. The molecule has 130 valence electrons. The average Bonchev–Trinajstić information content (AvgIpc) is 2.61. The quantitative estimate of drug-likeness (QED) is 0.779. The molecule has 0 aliphatic heterocycles. The fraction of sp³-hybridized carbons (Fsp3) is 0.368. The minimum atomic E-state index is -0.717. The van der Waals surface area contributed by atoms with E-state index in [9.17, 15) is 9.50 Å². The van der Waals surface area contributed by atoms with Gasteiger partial charge in [-0.05, 0) is 49.2 Å². The van der Waals surface area contributed by atoms with Crippen LogP contribution in [-0.2, 0) is 6.42 Å². The summed E-state index contributed by atoms with van der Waals surface area (Å²) in [6, 6.07) is 11.9. The van der Waals surface area contributed by atoms with E-state index in [4.69, 9.17) is 9.47 Å². The predicted molar refractivity (Wildman–Crippen MR) is 92.1 cm³/mol. The van der Waals surface area contributed by atoms with Crippen molar-refractivity contribution >= 4 is 0 Å². The van der Waals surface area contributed by atoms with E-state index in [-0.39, 0.29) is 11.9 Å². The van der Waals surface area contributed by atoms with Crippen molar-refractivity contribution < 1.29 is 19.0 Å². The topological polar surface area (TPSA) is 50.7 Å². The molecule has 0 bridgehead atoms. The molecule has 0 aromatic heterocycles. The van der Waals surface area contributed by atoms with Crippen molar-refractivity contribution in [2.75, 3.05) is 20.8 Å². The van der Waals surface area contributed by atoms with Gasteiger partial charge in [0.1, 0.15) is 17.3 Å². The third-order valence-electron chi connectivity index (χ3n) is 3.91. The number of nitrogens with one attached hydrogen (secondary N) is 1. The Kier molecular flexibility index (Phi) is 6.58. The maximum absolute atomic E-state index is 12.9. The van der Waals surface area contributed by atoms with Crippen LogP contribution in [0.1, 0.15) is 24.2 Å². The van der Waals surface area contributed by atoms with Crippen LogP contribution < -0.4 is 14.8 Å². The van der Waals surface area contributed by atoms with Crippen LogP contribution in [0.15, 0.2) is 42.5 Å². The number of methoxy groups -OCH3 is 2. The van der Waals surface area contributed by atoms with Crippen LogP contribution in [0, 0.1) is 5.82 Å². The first-order chi connectivity index (χ1) is 11.5. The lowest BCUT2D eigenvalue weighted by molar-refractivity contribution is 0.166. The van der Waals surface area contributed by atoms with Crippen LogP contribution >= 0.6 is 0 Å². The summed E-state index contributed by atoms with van der Waals surface area (Å²) in [7, 11) is 3.16. The van der Waals surface area contributed by atoms with E-state index >= 15 is 0 Å². The predicted octanol–water partition coefficient (Wildman–Crippen LogP) is 3.10. The first-order valence-electron chi connectivity index (χ1n) is 7.91. The zero-order chi connectivity index (χ0) is 17.5. The van der Waals surface area contributed by atoms with E-state index in [0.29, 0.717) is 23.6 Å². The average molecular weight is 333 g/mol. The van der Waals surface area contributed by atoms with E-state index in [1.54, 1.807) is 44.6 Å².